The van der Waals surface area contributed by atoms with Crippen molar-refractivity contribution in [3.05, 3.63) is 70.7 Å². The van der Waals surface area contributed by atoms with Gasteiger partial charge in [0.25, 0.3) is 5.91 Å². The highest BCUT2D eigenvalue weighted by molar-refractivity contribution is 6.10. The first-order valence-electron chi connectivity index (χ1n) is 9.47. The first-order chi connectivity index (χ1) is 13.9. The normalized spacial score (nSPS) is 16.2. The van der Waals surface area contributed by atoms with Crippen molar-refractivity contribution in [3.63, 3.8) is 0 Å². The van der Waals surface area contributed by atoms with Crippen molar-refractivity contribution in [1.82, 2.24) is 15.2 Å². The van der Waals surface area contributed by atoms with Gasteiger partial charge in [0.1, 0.15) is 11.6 Å². The number of carbonyl (C=O) groups excluding carboxylic acids is 1. The number of methoxy groups -OCH3 is 1. The first-order valence-corrected chi connectivity index (χ1v) is 9.47. The number of H-pyrrole nitrogens is 1. The molecule has 29 heavy (non-hydrogen) atoms. The fraction of sp³-hybridized carbons (Fsp3) is 0.318. The molecule has 1 amide bonds. The second-order valence-electron chi connectivity index (χ2n) is 8.11. The SMILES string of the molecule is COc1ccccc1C1c2c(n[nH]c2C(C)(C)C)C(=O)N1c1ccc(CO)cn1. The molecule has 0 radical (unpaired) electrons. The molecular weight excluding hydrogens is 368 g/mol. The van der Waals surface area contributed by atoms with Gasteiger partial charge in [0, 0.05) is 28.4 Å². The van der Waals surface area contributed by atoms with Crippen LogP contribution in [0.4, 0.5) is 5.82 Å². The molecule has 0 bridgehead atoms. The number of aromatic amines is 1. The van der Waals surface area contributed by atoms with Crippen LogP contribution in [-0.4, -0.2) is 33.3 Å². The van der Waals surface area contributed by atoms with Gasteiger partial charge < -0.3 is 9.84 Å². The lowest BCUT2D eigenvalue weighted by molar-refractivity contribution is 0.0988. The van der Waals surface area contributed by atoms with Crippen LogP contribution in [0.2, 0.25) is 0 Å². The number of anilines is 1. The van der Waals surface area contributed by atoms with Crippen molar-refractivity contribution in [2.24, 2.45) is 0 Å². The Labute approximate surface area is 169 Å². The quantitative estimate of drug-likeness (QED) is 0.710. The third-order valence-corrected chi connectivity index (χ3v) is 5.18. The third kappa shape index (κ3) is 3.07. The minimum Gasteiger partial charge on any atom is -0.496 e. The maximum absolute atomic E-state index is 13.4. The molecule has 2 N–H and O–H groups in total. The fourth-order valence-corrected chi connectivity index (χ4v) is 3.79. The second-order valence-corrected chi connectivity index (χ2v) is 8.11. The number of aliphatic hydroxyl groups excluding tert-OH is 1. The van der Waals surface area contributed by atoms with E-state index >= 15 is 0 Å². The summed E-state index contributed by atoms with van der Waals surface area (Å²) in [6.07, 6.45) is 1.58. The maximum Gasteiger partial charge on any atom is 0.281 e. The summed E-state index contributed by atoms with van der Waals surface area (Å²) < 4.78 is 5.61. The third-order valence-electron chi connectivity index (χ3n) is 5.18. The average Bonchev–Trinajstić information content (AvgIpc) is 3.27. The Balaban J connectivity index is 1.95. The Hall–Kier alpha value is -3.19. The van der Waals surface area contributed by atoms with E-state index in [-0.39, 0.29) is 17.9 Å². The van der Waals surface area contributed by atoms with Crippen molar-refractivity contribution in [2.75, 3.05) is 12.0 Å². The molecule has 3 heterocycles. The number of amides is 1. The van der Waals surface area contributed by atoms with Gasteiger partial charge in [-0.05, 0) is 17.7 Å². The molecule has 150 valence electrons. The first kappa shape index (κ1) is 19.1. The van der Waals surface area contributed by atoms with Gasteiger partial charge in [0.15, 0.2) is 5.69 Å². The molecule has 3 aromatic rings. The van der Waals surface area contributed by atoms with Crippen LogP contribution in [0.15, 0.2) is 42.6 Å². The van der Waals surface area contributed by atoms with Crippen LogP contribution in [0.3, 0.4) is 0 Å². The van der Waals surface area contributed by atoms with Crippen molar-refractivity contribution in [3.8, 4) is 5.75 Å². The number of aromatic nitrogens is 3. The molecule has 4 rings (SSSR count). The number of ether oxygens (including phenoxy) is 1. The van der Waals surface area contributed by atoms with E-state index in [0.717, 1.165) is 16.8 Å². The Morgan fingerprint density at radius 3 is 2.59 bits per heavy atom. The number of pyridine rings is 1. The predicted molar refractivity (Wildman–Crippen MR) is 109 cm³/mol. The zero-order chi connectivity index (χ0) is 20.8. The van der Waals surface area contributed by atoms with Gasteiger partial charge in [-0.15, -0.1) is 0 Å². The number of para-hydroxylation sites is 1. The monoisotopic (exact) mass is 392 g/mol. The molecular formula is C22H24N4O3. The zero-order valence-corrected chi connectivity index (χ0v) is 16.9. The number of hydrogen-bond acceptors (Lipinski definition) is 5. The Bertz CT molecular complexity index is 1050. The lowest BCUT2D eigenvalue weighted by Gasteiger charge is -2.28. The smallest absolute Gasteiger partial charge is 0.281 e. The standard InChI is InChI=1S/C22H24N4O3/c1-22(2,3)20-17-18(24-25-20)21(28)26(16-10-9-13(12-27)11-23-16)19(17)14-7-5-6-8-15(14)29-4/h5-11,19,27H,12H2,1-4H3,(H,24,25). The number of nitrogens with one attached hydrogen (secondary N) is 1. The molecule has 1 atom stereocenters. The van der Waals surface area contributed by atoms with Crippen LogP contribution in [0.1, 0.15) is 59.7 Å². The van der Waals surface area contributed by atoms with Gasteiger partial charge in [-0.2, -0.15) is 5.10 Å². The van der Waals surface area contributed by atoms with E-state index in [4.69, 9.17) is 4.74 Å². The van der Waals surface area contributed by atoms with Gasteiger partial charge in [0.2, 0.25) is 0 Å². The van der Waals surface area contributed by atoms with Crippen LogP contribution in [0, 0.1) is 0 Å². The summed E-state index contributed by atoms with van der Waals surface area (Å²) >= 11 is 0. The molecule has 0 aliphatic carbocycles. The van der Waals surface area contributed by atoms with Crippen molar-refractivity contribution >= 4 is 11.7 Å². The van der Waals surface area contributed by atoms with E-state index in [1.807, 2.05) is 24.3 Å². The Morgan fingerprint density at radius 1 is 1.21 bits per heavy atom. The topological polar surface area (TPSA) is 91.3 Å². The van der Waals surface area contributed by atoms with Crippen LogP contribution >= 0.6 is 0 Å². The zero-order valence-electron chi connectivity index (χ0n) is 16.9. The number of benzene rings is 1. The minimum absolute atomic E-state index is 0.104. The van der Waals surface area contributed by atoms with Crippen LogP contribution in [0.5, 0.6) is 5.75 Å². The molecule has 0 saturated heterocycles. The van der Waals surface area contributed by atoms with Gasteiger partial charge in [-0.1, -0.05) is 45.0 Å². The largest absolute Gasteiger partial charge is 0.496 e. The van der Waals surface area contributed by atoms with Gasteiger partial charge >= 0.3 is 0 Å². The van der Waals surface area contributed by atoms with Crippen molar-refractivity contribution in [1.29, 1.82) is 0 Å². The Kier molecular flexibility index (Phi) is 4.62. The molecule has 0 fully saturated rings. The lowest BCUT2D eigenvalue weighted by Crippen LogP contribution is -2.31. The molecule has 1 aliphatic heterocycles. The summed E-state index contributed by atoms with van der Waals surface area (Å²) in [7, 11) is 1.62. The summed E-state index contributed by atoms with van der Waals surface area (Å²) in [6.45, 7) is 6.15. The highest BCUT2D eigenvalue weighted by Crippen LogP contribution is 2.46. The maximum atomic E-state index is 13.4. The molecule has 7 heteroatoms. The van der Waals surface area contributed by atoms with E-state index in [1.54, 1.807) is 30.3 Å². The number of aliphatic hydroxyl groups is 1. The minimum atomic E-state index is -0.422. The Morgan fingerprint density at radius 2 is 1.97 bits per heavy atom. The van der Waals surface area contributed by atoms with Crippen LogP contribution in [-0.2, 0) is 12.0 Å². The van der Waals surface area contributed by atoms with Crippen molar-refractivity contribution in [2.45, 2.75) is 38.8 Å². The summed E-state index contributed by atoms with van der Waals surface area (Å²) in [4.78, 5) is 19.5. The van der Waals surface area contributed by atoms with E-state index < -0.39 is 6.04 Å². The van der Waals surface area contributed by atoms with Gasteiger partial charge in [-0.25, -0.2) is 4.98 Å². The molecule has 1 aliphatic rings. The number of nitrogens with zero attached hydrogens (tertiary/aromatic N) is 3. The summed E-state index contributed by atoms with van der Waals surface area (Å²) in [5.74, 6) is 0.976. The van der Waals surface area contributed by atoms with E-state index in [2.05, 4.69) is 36.0 Å². The number of rotatable bonds is 4. The number of carbonyl (C=O) groups is 1. The number of hydrogen-bond donors (Lipinski definition) is 2. The highest BCUT2D eigenvalue weighted by atomic mass is 16.5. The molecule has 2 aromatic heterocycles. The number of fused-ring (bicyclic) bond motifs is 1. The second kappa shape index (κ2) is 7.00. The van der Waals surface area contributed by atoms with Crippen LogP contribution in [0.25, 0.3) is 0 Å². The van der Waals surface area contributed by atoms with Gasteiger partial charge in [-0.3, -0.25) is 14.8 Å². The highest BCUT2D eigenvalue weighted by Gasteiger charge is 2.46. The van der Waals surface area contributed by atoms with E-state index in [0.29, 0.717) is 22.8 Å². The predicted octanol–water partition coefficient (Wildman–Crippen LogP) is 3.35. The molecule has 7 nitrogen and oxygen atoms in total. The summed E-state index contributed by atoms with van der Waals surface area (Å²) in [6, 6.07) is 10.8. The van der Waals surface area contributed by atoms with E-state index in [1.165, 1.54) is 0 Å². The lowest BCUT2D eigenvalue weighted by atomic mass is 9.85. The summed E-state index contributed by atoms with van der Waals surface area (Å²) in [5, 5.41) is 16.8. The molecule has 1 aromatic carbocycles. The van der Waals surface area contributed by atoms with Crippen LogP contribution < -0.4 is 9.64 Å². The van der Waals surface area contributed by atoms with Crippen molar-refractivity contribution < 1.29 is 14.6 Å². The average molecular weight is 392 g/mol. The molecule has 0 saturated carbocycles. The summed E-state index contributed by atoms with van der Waals surface area (Å²) in [5.41, 5.74) is 3.47. The fourth-order valence-electron chi connectivity index (χ4n) is 3.79. The molecule has 0 spiro atoms. The van der Waals surface area contributed by atoms with E-state index in [9.17, 15) is 9.90 Å². The molecule has 1 unspecified atom stereocenters. The van der Waals surface area contributed by atoms with Gasteiger partial charge in [0.05, 0.1) is 19.8 Å².